The number of phenols is 1. The highest BCUT2D eigenvalue weighted by Gasteiger charge is 2.03. The maximum atomic E-state index is 10.2. The minimum Gasteiger partial charge on any atom is -0.508 e. The van der Waals surface area contributed by atoms with Gasteiger partial charge in [0.1, 0.15) is 12.0 Å². The Hall–Kier alpha value is -1.51. The van der Waals surface area contributed by atoms with E-state index in [4.69, 9.17) is 0 Å². The predicted molar refractivity (Wildman–Crippen MR) is 56.8 cm³/mol. The minimum atomic E-state index is 0.262. The molecule has 0 heterocycles. The summed E-state index contributed by atoms with van der Waals surface area (Å²) < 4.78 is 0. The summed E-state index contributed by atoms with van der Waals surface area (Å²) in [6, 6.07) is 5.41. The zero-order valence-electron chi connectivity index (χ0n) is 8.53. The highest BCUT2D eigenvalue weighted by atomic mass is 16.3. The van der Waals surface area contributed by atoms with E-state index in [9.17, 15) is 9.90 Å². The smallest absolute Gasteiger partial charge is 0.120 e. The predicted octanol–water partition coefficient (Wildman–Crippen LogP) is 1.59. The lowest BCUT2D eigenvalue weighted by atomic mass is 10.1. The molecular weight excluding hydrogens is 178 g/mol. The van der Waals surface area contributed by atoms with Crippen LogP contribution in [0.25, 0.3) is 0 Å². The van der Waals surface area contributed by atoms with Crippen LogP contribution in [0.15, 0.2) is 18.2 Å². The van der Waals surface area contributed by atoms with Crippen molar-refractivity contribution in [1.29, 1.82) is 0 Å². The Balaban J connectivity index is 2.90. The number of anilines is 1. The van der Waals surface area contributed by atoms with Crippen molar-refractivity contribution in [1.82, 2.24) is 0 Å². The first-order valence-corrected chi connectivity index (χ1v) is 4.58. The van der Waals surface area contributed by atoms with E-state index in [-0.39, 0.29) is 5.75 Å². The molecule has 0 radical (unpaired) electrons. The van der Waals surface area contributed by atoms with Crippen molar-refractivity contribution in [3.63, 3.8) is 0 Å². The molecule has 0 aliphatic rings. The molecule has 0 aromatic heterocycles. The van der Waals surface area contributed by atoms with Crippen LogP contribution in [0, 0.1) is 0 Å². The van der Waals surface area contributed by atoms with Gasteiger partial charge in [-0.15, -0.1) is 0 Å². The summed E-state index contributed by atoms with van der Waals surface area (Å²) in [5.41, 5.74) is 1.85. The molecule has 1 rings (SSSR count). The topological polar surface area (TPSA) is 40.5 Å². The summed E-state index contributed by atoms with van der Waals surface area (Å²) >= 11 is 0. The third kappa shape index (κ3) is 2.49. The lowest BCUT2D eigenvalue weighted by molar-refractivity contribution is -0.107. The Morgan fingerprint density at radius 1 is 1.43 bits per heavy atom. The van der Waals surface area contributed by atoms with Crippen molar-refractivity contribution in [3.05, 3.63) is 23.8 Å². The van der Waals surface area contributed by atoms with Gasteiger partial charge >= 0.3 is 0 Å². The quantitative estimate of drug-likeness (QED) is 0.738. The first-order chi connectivity index (χ1) is 6.65. The van der Waals surface area contributed by atoms with E-state index < -0.39 is 0 Å². The van der Waals surface area contributed by atoms with Gasteiger partial charge in [0.2, 0.25) is 0 Å². The Labute approximate surface area is 84.0 Å². The summed E-state index contributed by atoms with van der Waals surface area (Å²) in [5, 5.41) is 9.51. The monoisotopic (exact) mass is 193 g/mol. The highest BCUT2D eigenvalue weighted by Crippen LogP contribution is 2.23. The lowest BCUT2D eigenvalue weighted by Gasteiger charge is -2.14. The molecule has 3 nitrogen and oxygen atoms in total. The molecule has 0 spiro atoms. The summed E-state index contributed by atoms with van der Waals surface area (Å²) in [6.45, 7) is 0. The van der Waals surface area contributed by atoms with Crippen molar-refractivity contribution >= 4 is 12.0 Å². The Bertz CT molecular complexity index is 321. The third-order valence-corrected chi connectivity index (χ3v) is 2.11. The van der Waals surface area contributed by atoms with Gasteiger partial charge in [0.05, 0.1) is 0 Å². The van der Waals surface area contributed by atoms with Crippen LogP contribution in [0.3, 0.4) is 0 Å². The van der Waals surface area contributed by atoms with Crippen molar-refractivity contribution in [2.75, 3.05) is 19.0 Å². The average molecular weight is 193 g/mol. The molecule has 0 aliphatic heterocycles. The molecule has 76 valence electrons. The Morgan fingerprint density at radius 2 is 2.14 bits per heavy atom. The molecular formula is C11H15NO2. The Morgan fingerprint density at radius 3 is 2.71 bits per heavy atom. The fraction of sp³-hybridized carbons (Fsp3) is 0.364. The molecule has 1 aromatic carbocycles. The molecule has 0 saturated carbocycles. The van der Waals surface area contributed by atoms with Crippen LogP contribution in [0.1, 0.15) is 12.0 Å². The number of phenolic OH excluding ortho intramolecular Hbond substituents is 1. The largest absolute Gasteiger partial charge is 0.508 e. The highest BCUT2D eigenvalue weighted by molar-refractivity contribution is 5.54. The van der Waals surface area contributed by atoms with Gasteiger partial charge in [0.25, 0.3) is 0 Å². The van der Waals surface area contributed by atoms with Gasteiger partial charge in [-0.2, -0.15) is 0 Å². The van der Waals surface area contributed by atoms with E-state index in [1.165, 1.54) is 0 Å². The third-order valence-electron chi connectivity index (χ3n) is 2.11. The van der Waals surface area contributed by atoms with E-state index in [0.29, 0.717) is 12.8 Å². The van der Waals surface area contributed by atoms with Crippen LogP contribution >= 0.6 is 0 Å². The van der Waals surface area contributed by atoms with Crippen LogP contribution in [0.4, 0.5) is 5.69 Å². The molecule has 0 saturated heterocycles. The van der Waals surface area contributed by atoms with Gasteiger partial charge in [-0.3, -0.25) is 0 Å². The molecule has 0 atom stereocenters. The van der Waals surface area contributed by atoms with Crippen LogP contribution in [0.5, 0.6) is 5.75 Å². The number of rotatable bonds is 4. The van der Waals surface area contributed by atoms with Crippen molar-refractivity contribution in [2.24, 2.45) is 0 Å². The fourth-order valence-electron chi connectivity index (χ4n) is 1.26. The van der Waals surface area contributed by atoms with Gasteiger partial charge in [-0.1, -0.05) is 0 Å². The second-order valence-corrected chi connectivity index (χ2v) is 3.41. The van der Waals surface area contributed by atoms with E-state index in [0.717, 1.165) is 17.5 Å². The average Bonchev–Trinajstić information content (AvgIpc) is 2.16. The fourth-order valence-corrected chi connectivity index (χ4v) is 1.26. The first-order valence-electron chi connectivity index (χ1n) is 4.58. The number of hydrogen-bond acceptors (Lipinski definition) is 3. The first kappa shape index (κ1) is 10.6. The van der Waals surface area contributed by atoms with Gasteiger partial charge in [-0.25, -0.2) is 0 Å². The molecule has 1 aromatic rings. The summed E-state index contributed by atoms with van der Waals surface area (Å²) in [5.74, 6) is 0.262. The maximum Gasteiger partial charge on any atom is 0.120 e. The lowest BCUT2D eigenvalue weighted by Crippen LogP contribution is -2.08. The van der Waals surface area contributed by atoms with Gasteiger partial charge in [0, 0.05) is 26.2 Å². The van der Waals surface area contributed by atoms with Crippen LogP contribution < -0.4 is 4.90 Å². The zero-order chi connectivity index (χ0) is 10.6. The molecule has 0 amide bonds. The zero-order valence-corrected chi connectivity index (χ0v) is 8.53. The number of benzene rings is 1. The van der Waals surface area contributed by atoms with Crippen LogP contribution in [0.2, 0.25) is 0 Å². The molecule has 1 N–H and O–H groups in total. The number of carbonyl (C=O) groups excluding carboxylic acids is 1. The molecule has 0 aliphatic carbocycles. The normalized spacial score (nSPS) is 9.86. The van der Waals surface area contributed by atoms with Gasteiger partial charge < -0.3 is 14.8 Å². The second kappa shape index (κ2) is 4.65. The van der Waals surface area contributed by atoms with Crippen molar-refractivity contribution < 1.29 is 9.90 Å². The Kier molecular flexibility index (Phi) is 3.51. The number of nitrogens with zero attached hydrogens (tertiary/aromatic N) is 1. The van der Waals surface area contributed by atoms with Crippen LogP contribution in [-0.2, 0) is 11.2 Å². The van der Waals surface area contributed by atoms with Gasteiger partial charge in [-0.05, 0) is 30.2 Å². The maximum absolute atomic E-state index is 10.2. The van der Waals surface area contributed by atoms with E-state index in [2.05, 4.69) is 0 Å². The number of aldehydes is 1. The minimum absolute atomic E-state index is 0.262. The van der Waals surface area contributed by atoms with E-state index >= 15 is 0 Å². The standard InChI is InChI=1S/C11H15NO2/c1-12(2)10-5-6-11(14)9(8-10)4-3-7-13/h5-8,14H,3-4H2,1-2H3. The SMILES string of the molecule is CN(C)c1ccc(O)c(CCC=O)c1. The number of aromatic hydroxyl groups is 1. The second-order valence-electron chi connectivity index (χ2n) is 3.41. The molecule has 3 heteroatoms. The molecule has 0 bridgehead atoms. The number of aryl methyl sites for hydroxylation is 1. The summed E-state index contributed by atoms with van der Waals surface area (Å²) in [7, 11) is 3.88. The van der Waals surface area contributed by atoms with Crippen LogP contribution in [-0.4, -0.2) is 25.5 Å². The van der Waals surface area contributed by atoms with Crippen molar-refractivity contribution in [2.45, 2.75) is 12.8 Å². The summed E-state index contributed by atoms with van der Waals surface area (Å²) in [6.07, 6.45) is 1.91. The number of carbonyl (C=O) groups is 1. The number of hydrogen-bond donors (Lipinski definition) is 1. The van der Waals surface area contributed by atoms with Crippen molar-refractivity contribution in [3.8, 4) is 5.75 Å². The van der Waals surface area contributed by atoms with Gasteiger partial charge in [0.15, 0.2) is 0 Å². The van der Waals surface area contributed by atoms with E-state index in [1.807, 2.05) is 31.1 Å². The molecule has 0 unspecified atom stereocenters. The molecule has 0 fully saturated rings. The molecule has 14 heavy (non-hydrogen) atoms. The van der Waals surface area contributed by atoms with E-state index in [1.54, 1.807) is 6.07 Å². The summed E-state index contributed by atoms with van der Waals surface area (Å²) in [4.78, 5) is 12.2.